The highest BCUT2D eigenvalue weighted by Crippen LogP contribution is 2.23. The smallest absolute Gasteiger partial charge is 0.480 e. The highest BCUT2D eigenvalue weighted by Gasteiger charge is 2.30. The fourth-order valence-corrected chi connectivity index (χ4v) is 1.87. The van der Waals surface area contributed by atoms with Gasteiger partial charge in [0.25, 0.3) is 0 Å². The maximum Gasteiger partial charge on any atom is 0.573 e. The van der Waals surface area contributed by atoms with Crippen molar-refractivity contribution in [2.24, 2.45) is 0 Å². The van der Waals surface area contributed by atoms with E-state index in [0.29, 0.717) is 13.0 Å². The van der Waals surface area contributed by atoms with E-state index in [0.717, 1.165) is 12.1 Å². The predicted molar refractivity (Wildman–Crippen MR) is 76.1 cm³/mol. The SMILES string of the molecule is CCCN(CC(=O)O)CC(=O)Nc1ccc(OC(F)(F)F)cc1. The van der Waals surface area contributed by atoms with Crippen molar-refractivity contribution in [2.75, 3.05) is 25.0 Å². The standard InChI is InChI=1S/C14H17F3N2O4/c1-2-7-19(9-13(21)22)8-12(20)18-10-3-5-11(6-4-10)23-14(15,16)17/h3-6H,2,7-9H2,1H3,(H,18,20)(H,21,22). The highest BCUT2D eigenvalue weighted by atomic mass is 19.4. The maximum absolute atomic E-state index is 12.0. The van der Waals surface area contributed by atoms with E-state index in [1.165, 1.54) is 17.0 Å². The van der Waals surface area contributed by atoms with Crippen molar-refractivity contribution < 1.29 is 32.6 Å². The first kappa shape index (κ1) is 18.8. The molecule has 0 aliphatic carbocycles. The summed E-state index contributed by atoms with van der Waals surface area (Å²) in [6.07, 6.45) is -4.09. The van der Waals surface area contributed by atoms with Crippen LogP contribution < -0.4 is 10.1 Å². The molecule has 2 N–H and O–H groups in total. The summed E-state index contributed by atoms with van der Waals surface area (Å²) in [5.74, 6) is -1.89. The first-order chi connectivity index (χ1) is 10.7. The molecule has 1 amide bonds. The molecule has 1 rings (SSSR count). The van der Waals surface area contributed by atoms with Gasteiger partial charge in [0.05, 0.1) is 13.1 Å². The summed E-state index contributed by atoms with van der Waals surface area (Å²) in [5, 5.41) is 11.2. The lowest BCUT2D eigenvalue weighted by molar-refractivity contribution is -0.274. The molecule has 23 heavy (non-hydrogen) atoms. The van der Waals surface area contributed by atoms with Crippen LogP contribution in [0.1, 0.15) is 13.3 Å². The molecule has 6 nitrogen and oxygen atoms in total. The van der Waals surface area contributed by atoms with Crippen LogP contribution in [0.3, 0.4) is 0 Å². The zero-order chi connectivity index (χ0) is 17.5. The number of ether oxygens (including phenoxy) is 1. The van der Waals surface area contributed by atoms with Gasteiger partial charge in [-0.15, -0.1) is 13.2 Å². The summed E-state index contributed by atoms with van der Waals surface area (Å²) in [7, 11) is 0. The van der Waals surface area contributed by atoms with Crippen molar-refractivity contribution in [1.82, 2.24) is 4.90 Å². The summed E-state index contributed by atoms with van der Waals surface area (Å²) in [6, 6.07) is 4.68. The lowest BCUT2D eigenvalue weighted by Crippen LogP contribution is -2.37. The fourth-order valence-electron chi connectivity index (χ4n) is 1.87. The second-order valence-corrected chi connectivity index (χ2v) is 4.72. The van der Waals surface area contributed by atoms with Crippen LogP contribution in [0, 0.1) is 0 Å². The maximum atomic E-state index is 12.0. The molecule has 1 aromatic carbocycles. The van der Waals surface area contributed by atoms with Gasteiger partial charge in [0.2, 0.25) is 5.91 Å². The minimum absolute atomic E-state index is 0.124. The average molecular weight is 334 g/mol. The molecule has 0 spiro atoms. The zero-order valence-electron chi connectivity index (χ0n) is 12.4. The molecule has 0 bridgehead atoms. The number of halogens is 3. The number of rotatable bonds is 8. The van der Waals surface area contributed by atoms with Crippen LogP contribution in [0.25, 0.3) is 0 Å². The Balaban J connectivity index is 2.57. The number of benzene rings is 1. The number of carbonyl (C=O) groups is 2. The van der Waals surface area contributed by atoms with Crippen molar-refractivity contribution in [2.45, 2.75) is 19.7 Å². The number of carboxylic acid groups (broad SMARTS) is 1. The Morgan fingerprint density at radius 2 is 1.83 bits per heavy atom. The molecule has 0 aliphatic rings. The van der Waals surface area contributed by atoms with Crippen molar-refractivity contribution in [3.05, 3.63) is 24.3 Å². The largest absolute Gasteiger partial charge is 0.573 e. The van der Waals surface area contributed by atoms with Crippen molar-refractivity contribution in [3.8, 4) is 5.75 Å². The summed E-state index contributed by atoms with van der Waals surface area (Å²) in [6.45, 7) is 1.91. The molecule has 0 heterocycles. The Morgan fingerprint density at radius 3 is 2.30 bits per heavy atom. The average Bonchev–Trinajstić information content (AvgIpc) is 2.38. The molecule has 0 fully saturated rings. The molecule has 0 aromatic heterocycles. The number of alkyl halides is 3. The van der Waals surface area contributed by atoms with Gasteiger partial charge < -0.3 is 15.2 Å². The summed E-state index contributed by atoms with van der Waals surface area (Å²) < 4.78 is 39.8. The number of hydrogen-bond donors (Lipinski definition) is 2. The second kappa shape index (κ2) is 8.37. The van der Waals surface area contributed by atoms with Gasteiger partial charge in [-0.25, -0.2) is 0 Å². The minimum atomic E-state index is -4.78. The van der Waals surface area contributed by atoms with Gasteiger partial charge in [0.15, 0.2) is 0 Å². The van der Waals surface area contributed by atoms with E-state index < -0.39 is 24.0 Å². The molecule has 128 valence electrons. The van der Waals surface area contributed by atoms with Gasteiger partial charge in [-0.1, -0.05) is 6.92 Å². The highest BCUT2D eigenvalue weighted by molar-refractivity contribution is 5.92. The van der Waals surface area contributed by atoms with Crippen LogP contribution in [0.2, 0.25) is 0 Å². The van der Waals surface area contributed by atoms with Crippen LogP contribution >= 0.6 is 0 Å². The van der Waals surface area contributed by atoms with Crippen LogP contribution in [-0.2, 0) is 9.59 Å². The van der Waals surface area contributed by atoms with Crippen molar-refractivity contribution in [1.29, 1.82) is 0 Å². The molecule has 0 radical (unpaired) electrons. The Bertz CT molecular complexity index is 532. The van der Waals surface area contributed by atoms with Crippen LogP contribution in [-0.4, -0.2) is 47.9 Å². The predicted octanol–water partition coefficient (Wildman–Crippen LogP) is 2.32. The van der Waals surface area contributed by atoms with Gasteiger partial charge >= 0.3 is 12.3 Å². The van der Waals surface area contributed by atoms with Crippen LogP contribution in [0.4, 0.5) is 18.9 Å². The summed E-state index contributed by atoms with van der Waals surface area (Å²) >= 11 is 0. The zero-order valence-corrected chi connectivity index (χ0v) is 12.4. The van der Waals surface area contributed by atoms with Crippen LogP contribution in [0.5, 0.6) is 5.75 Å². The third-order valence-corrected chi connectivity index (χ3v) is 2.64. The Kier molecular flexibility index (Phi) is 6.83. The van der Waals surface area contributed by atoms with E-state index in [1.807, 2.05) is 6.92 Å². The summed E-state index contributed by atoms with van der Waals surface area (Å²) in [5.41, 5.74) is 0.288. The van der Waals surface area contributed by atoms with Crippen molar-refractivity contribution in [3.63, 3.8) is 0 Å². The molecular weight excluding hydrogens is 317 g/mol. The molecule has 0 unspecified atom stereocenters. The van der Waals surface area contributed by atoms with Crippen LogP contribution in [0.15, 0.2) is 24.3 Å². The molecule has 0 saturated heterocycles. The first-order valence-electron chi connectivity index (χ1n) is 6.79. The number of anilines is 1. The lowest BCUT2D eigenvalue weighted by atomic mass is 10.3. The Labute approximate surface area is 130 Å². The van der Waals surface area contributed by atoms with Crippen molar-refractivity contribution >= 4 is 17.6 Å². The van der Waals surface area contributed by atoms with E-state index in [2.05, 4.69) is 10.1 Å². The monoisotopic (exact) mass is 334 g/mol. The van der Waals surface area contributed by atoms with E-state index in [-0.39, 0.29) is 18.8 Å². The van der Waals surface area contributed by atoms with E-state index in [4.69, 9.17) is 5.11 Å². The number of amides is 1. The Hall–Kier alpha value is -2.29. The van der Waals surface area contributed by atoms with Gasteiger partial charge in [-0.3, -0.25) is 14.5 Å². The van der Waals surface area contributed by atoms with Gasteiger partial charge in [0.1, 0.15) is 5.75 Å². The number of nitrogens with one attached hydrogen (secondary N) is 1. The van der Waals surface area contributed by atoms with E-state index in [9.17, 15) is 22.8 Å². The number of carboxylic acids is 1. The number of aliphatic carboxylic acids is 1. The normalized spacial score (nSPS) is 11.3. The summed E-state index contributed by atoms with van der Waals surface area (Å²) in [4.78, 5) is 24.0. The molecule has 0 atom stereocenters. The minimum Gasteiger partial charge on any atom is -0.480 e. The number of nitrogens with zero attached hydrogens (tertiary/aromatic N) is 1. The third-order valence-electron chi connectivity index (χ3n) is 2.64. The molecule has 9 heteroatoms. The molecule has 0 saturated carbocycles. The number of carbonyl (C=O) groups excluding carboxylic acids is 1. The second-order valence-electron chi connectivity index (χ2n) is 4.72. The lowest BCUT2D eigenvalue weighted by Gasteiger charge is -2.18. The van der Waals surface area contributed by atoms with Gasteiger partial charge in [-0.2, -0.15) is 0 Å². The fraction of sp³-hybridized carbons (Fsp3) is 0.429. The quantitative estimate of drug-likeness (QED) is 0.763. The molecule has 0 aliphatic heterocycles. The first-order valence-corrected chi connectivity index (χ1v) is 6.79. The van der Waals surface area contributed by atoms with Gasteiger partial charge in [0, 0.05) is 5.69 Å². The van der Waals surface area contributed by atoms with E-state index >= 15 is 0 Å². The Morgan fingerprint density at radius 1 is 1.22 bits per heavy atom. The third kappa shape index (κ3) is 8.05. The molecular formula is C14H17F3N2O4. The molecule has 1 aromatic rings. The number of hydrogen-bond acceptors (Lipinski definition) is 4. The topological polar surface area (TPSA) is 78.9 Å². The van der Waals surface area contributed by atoms with Gasteiger partial charge in [-0.05, 0) is 37.2 Å². The van der Waals surface area contributed by atoms with E-state index in [1.54, 1.807) is 0 Å².